The summed E-state index contributed by atoms with van der Waals surface area (Å²) < 4.78 is 1.14. The summed E-state index contributed by atoms with van der Waals surface area (Å²) in [5.41, 5.74) is 2.21. The van der Waals surface area contributed by atoms with E-state index >= 15 is 0 Å². The molecule has 0 aliphatic heterocycles. The summed E-state index contributed by atoms with van der Waals surface area (Å²) in [5, 5.41) is 6.59. The summed E-state index contributed by atoms with van der Waals surface area (Å²) in [7, 11) is 0. The molecule has 5 nitrogen and oxygen atoms in total. The quantitative estimate of drug-likeness (QED) is 0.686. The van der Waals surface area contributed by atoms with Crippen molar-refractivity contribution in [3.8, 4) is 10.6 Å². The maximum absolute atomic E-state index is 12.2. The number of aromatic nitrogens is 1. The highest BCUT2D eigenvalue weighted by Gasteiger charge is 2.20. The number of hydrogen-bond donors (Lipinski definition) is 2. The fourth-order valence-electron chi connectivity index (χ4n) is 2.50. The summed E-state index contributed by atoms with van der Waals surface area (Å²) in [6, 6.07) is 15.7. The summed E-state index contributed by atoms with van der Waals surface area (Å²) in [5.74, 6) is -0.196. The van der Waals surface area contributed by atoms with Gasteiger partial charge in [-0.3, -0.25) is 9.59 Å². The molecule has 0 spiro atoms. The van der Waals surface area contributed by atoms with Crippen LogP contribution in [0.2, 0.25) is 0 Å². The largest absolute Gasteiger partial charge is 0.355 e. The van der Waals surface area contributed by atoms with Crippen molar-refractivity contribution >= 4 is 39.1 Å². The van der Waals surface area contributed by atoms with Crippen LogP contribution in [-0.2, 0) is 9.59 Å². The van der Waals surface area contributed by atoms with Crippen LogP contribution in [0.3, 0.4) is 0 Å². The molecule has 0 aliphatic rings. The van der Waals surface area contributed by atoms with Gasteiger partial charge in [0, 0.05) is 29.6 Å². The van der Waals surface area contributed by atoms with Crippen LogP contribution in [0.25, 0.3) is 20.8 Å². The van der Waals surface area contributed by atoms with E-state index < -0.39 is 5.41 Å². The van der Waals surface area contributed by atoms with Gasteiger partial charge in [0.05, 0.1) is 10.2 Å². The van der Waals surface area contributed by atoms with Crippen molar-refractivity contribution in [1.82, 2.24) is 10.3 Å². The summed E-state index contributed by atoms with van der Waals surface area (Å²) in [6.07, 6.45) is 0.229. The topological polar surface area (TPSA) is 71.1 Å². The minimum Gasteiger partial charge on any atom is -0.355 e. The maximum Gasteiger partial charge on any atom is 0.226 e. The van der Waals surface area contributed by atoms with Gasteiger partial charge >= 0.3 is 0 Å². The molecule has 1 aromatic heterocycles. The zero-order valence-corrected chi connectivity index (χ0v) is 16.5. The van der Waals surface area contributed by atoms with Crippen molar-refractivity contribution in [2.24, 2.45) is 5.41 Å². The Labute approximate surface area is 162 Å². The Hall–Kier alpha value is -2.73. The molecule has 0 bridgehead atoms. The predicted octanol–water partition coefficient (Wildman–Crippen LogP) is 4.45. The number of benzene rings is 2. The SMILES string of the molecule is CC(C)(C)C(=O)NCCC(=O)Nc1cccc(-c2nc3ccccc3s2)c1. The first-order chi connectivity index (χ1) is 12.8. The predicted molar refractivity (Wildman–Crippen MR) is 111 cm³/mol. The van der Waals surface area contributed by atoms with Gasteiger partial charge in [-0.15, -0.1) is 11.3 Å². The van der Waals surface area contributed by atoms with Crippen molar-refractivity contribution in [1.29, 1.82) is 0 Å². The van der Waals surface area contributed by atoms with Gasteiger partial charge in [-0.05, 0) is 24.3 Å². The van der Waals surface area contributed by atoms with Crippen LogP contribution in [0, 0.1) is 5.41 Å². The molecule has 0 aliphatic carbocycles. The maximum atomic E-state index is 12.2. The van der Waals surface area contributed by atoms with E-state index in [9.17, 15) is 9.59 Å². The van der Waals surface area contributed by atoms with Gasteiger partial charge in [-0.1, -0.05) is 45.0 Å². The minimum absolute atomic E-state index is 0.0619. The average molecular weight is 382 g/mol. The van der Waals surface area contributed by atoms with Gasteiger partial charge in [0.15, 0.2) is 0 Å². The van der Waals surface area contributed by atoms with Crippen LogP contribution in [0.5, 0.6) is 0 Å². The first kappa shape index (κ1) is 19.0. The Kier molecular flexibility index (Phi) is 5.56. The molecule has 1 heterocycles. The average Bonchev–Trinajstić information content (AvgIpc) is 3.05. The van der Waals surface area contributed by atoms with E-state index in [4.69, 9.17) is 0 Å². The molecule has 0 atom stereocenters. The van der Waals surface area contributed by atoms with Gasteiger partial charge in [-0.25, -0.2) is 4.98 Å². The number of carbonyl (C=O) groups excluding carboxylic acids is 2. The third-order valence-electron chi connectivity index (χ3n) is 4.01. The fourth-order valence-corrected chi connectivity index (χ4v) is 3.47. The standard InChI is InChI=1S/C21H23N3O2S/c1-21(2,3)20(26)22-12-11-18(25)23-15-8-6-7-14(13-15)19-24-16-9-4-5-10-17(16)27-19/h4-10,13H,11-12H2,1-3H3,(H,22,26)(H,23,25). The highest BCUT2D eigenvalue weighted by Crippen LogP contribution is 2.31. The second-order valence-electron chi connectivity index (χ2n) is 7.37. The number of fused-ring (bicyclic) bond motifs is 1. The molecule has 0 unspecified atom stereocenters. The van der Waals surface area contributed by atoms with Crippen molar-refractivity contribution in [3.63, 3.8) is 0 Å². The van der Waals surface area contributed by atoms with E-state index in [0.717, 1.165) is 26.5 Å². The van der Waals surface area contributed by atoms with Crippen LogP contribution < -0.4 is 10.6 Å². The Bertz CT molecular complexity index is 940. The second kappa shape index (κ2) is 7.88. The Morgan fingerprint density at radius 2 is 1.85 bits per heavy atom. The molecule has 3 aromatic rings. The fraction of sp³-hybridized carbons (Fsp3) is 0.286. The van der Waals surface area contributed by atoms with Crippen LogP contribution in [0.4, 0.5) is 5.69 Å². The van der Waals surface area contributed by atoms with Crippen molar-refractivity contribution in [2.75, 3.05) is 11.9 Å². The van der Waals surface area contributed by atoms with Crippen LogP contribution in [0.15, 0.2) is 48.5 Å². The van der Waals surface area contributed by atoms with Crippen LogP contribution >= 0.6 is 11.3 Å². The molecule has 140 valence electrons. The Balaban J connectivity index is 1.62. The first-order valence-corrected chi connectivity index (χ1v) is 9.69. The molecule has 6 heteroatoms. The van der Waals surface area contributed by atoms with Gasteiger partial charge in [0.2, 0.25) is 11.8 Å². The molecule has 0 saturated heterocycles. The molecular formula is C21H23N3O2S. The molecule has 2 N–H and O–H groups in total. The lowest BCUT2D eigenvalue weighted by molar-refractivity contribution is -0.128. The van der Waals surface area contributed by atoms with Gasteiger partial charge < -0.3 is 10.6 Å². The van der Waals surface area contributed by atoms with E-state index in [2.05, 4.69) is 15.6 Å². The molecule has 27 heavy (non-hydrogen) atoms. The first-order valence-electron chi connectivity index (χ1n) is 8.87. The minimum atomic E-state index is -0.456. The molecule has 3 rings (SSSR count). The van der Waals surface area contributed by atoms with E-state index in [1.54, 1.807) is 11.3 Å². The van der Waals surface area contributed by atoms with Gasteiger partial charge in [-0.2, -0.15) is 0 Å². The van der Waals surface area contributed by atoms with E-state index in [1.807, 2.05) is 69.3 Å². The van der Waals surface area contributed by atoms with Gasteiger partial charge in [0.25, 0.3) is 0 Å². The third kappa shape index (κ3) is 4.92. The number of thiazole rings is 1. The zero-order chi connectivity index (χ0) is 19.4. The number of nitrogens with zero attached hydrogens (tertiary/aromatic N) is 1. The highest BCUT2D eigenvalue weighted by molar-refractivity contribution is 7.21. The normalized spacial score (nSPS) is 11.4. The lowest BCUT2D eigenvalue weighted by Gasteiger charge is -2.17. The molecule has 0 radical (unpaired) electrons. The molecule has 0 saturated carbocycles. The Morgan fingerprint density at radius 3 is 2.59 bits per heavy atom. The summed E-state index contributed by atoms with van der Waals surface area (Å²) in [4.78, 5) is 28.6. The molecule has 2 amide bonds. The van der Waals surface area contributed by atoms with Crippen LogP contribution in [0.1, 0.15) is 27.2 Å². The monoisotopic (exact) mass is 381 g/mol. The zero-order valence-electron chi connectivity index (χ0n) is 15.7. The van der Waals surface area contributed by atoms with Crippen molar-refractivity contribution < 1.29 is 9.59 Å². The highest BCUT2D eigenvalue weighted by atomic mass is 32.1. The van der Waals surface area contributed by atoms with E-state index in [0.29, 0.717) is 6.54 Å². The number of nitrogens with one attached hydrogen (secondary N) is 2. The smallest absolute Gasteiger partial charge is 0.226 e. The van der Waals surface area contributed by atoms with Crippen LogP contribution in [-0.4, -0.2) is 23.3 Å². The lowest BCUT2D eigenvalue weighted by Crippen LogP contribution is -2.36. The van der Waals surface area contributed by atoms with Gasteiger partial charge in [0.1, 0.15) is 5.01 Å². The summed E-state index contributed by atoms with van der Waals surface area (Å²) in [6.45, 7) is 5.85. The number of hydrogen-bond acceptors (Lipinski definition) is 4. The number of anilines is 1. The third-order valence-corrected chi connectivity index (χ3v) is 5.09. The second-order valence-corrected chi connectivity index (χ2v) is 8.40. The molecule has 0 fully saturated rings. The number of para-hydroxylation sites is 1. The van der Waals surface area contributed by atoms with Crippen molar-refractivity contribution in [2.45, 2.75) is 27.2 Å². The van der Waals surface area contributed by atoms with E-state index in [1.165, 1.54) is 0 Å². The van der Waals surface area contributed by atoms with Crippen molar-refractivity contribution in [3.05, 3.63) is 48.5 Å². The Morgan fingerprint density at radius 1 is 1.07 bits per heavy atom. The molecule has 2 aromatic carbocycles. The lowest BCUT2D eigenvalue weighted by atomic mass is 9.96. The van der Waals surface area contributed by atoms with E-state index in [-0.39, 0.29) is 18.2 Å². The molecular weight excluding hydrogens is 358 g/mol. The number of carbonyl (C=O) groups is 2. The number of amides is 2. The summed E-state index contributed by atoms with van der Waals surface area (Å²) >= 11 is 1.63. The number of rotatable bonds is 5.